The van der Waals surface area contributed by atoms with Gasteiger partial charge in [-0.25, -0.2) is 10.2 Å². The van der Waals surface area contributed by atoms with E-state index in [9.17, 15) is 14.4 Å². The molecule has 7 nitrogen and oxygen atoms in total. The Labute approximate surface area is 151 Å². The first-order chi connectivity index (χ1) is 12.6. The van der Waals surface area contributed by atoms with Crippen LogP contribution in [-0.4, -0.2) is 31.1 Å². The van der Waals surface area contributed by atoms with Gasteiger partial charge in [0.05, 0.1) is 18.9 Å². The zero-order valence-corrected chi connectivity index (χ0v) is 14.3. The van der Waals surface area contributed by atoms with Crippen molar-refractivity contribution >= 4 is 24.0 Å². The van der Waals surface area contributed by atoms with Crippen molar-refractivity contribution in [3.05, 3.63) is 71.3 Å². The molecule has 2 aromatic carbocycles. The van der Waals surface area contributed by atoms with Gasteiger partial charge in [-0.3, -0.25) is 9.59 Å². The Balaban J connectivity index is 1.74. The summed E-state index contributed by atoms with van der Waals surface area (Å²) in [6, 6.07) is 15.9. The molecule has 0 spiro atoms. The molecular formula is C19H19N3O4. The number of hydrogen-bond acceptors (Lipinski definition) is 5. The topological polar surface area (TPSA) is 96.9 Å². The van der Waals surface area contributed by atoms with Gasteiger partial charge in [0.25, 0.3) is 0 Å². The van der Waals surface area contributed by atoms with E-state index in [1.807, 2.05) is 30.3 Å². The van der Waals surface area contributed by atoms with Crippen LogP contribution in [0.5, 0.6) is 0 Å². The van der Waals surface area contributed by atoms with Crippen molar-refractivity contribution in [1.82, 2.24) is 10.7 Å². The number of nitrogens with zero attached hydrogens (tertiary/aromatic N) is 1. The van der Waals surface area contributed by atoms with Gasteiger partial charge in [0.15, 0.2) is 0 Å². The number of esters is 1. The predicted molar refractivity (Wildman–Crippen MR) is 96.4 cm³/mol. The summed E-state index contributed by atoms with van der Waals surface area (Å²) in [5.41, 5.74) is 4.35. The standard InChI is InChI=1S/C19H19N3O4/c1-26-19(25)16-9-7-15(8-10-16)13-21-22-18(24)11-17(23)20-12-14-5-3-2-4-6-14/h2-10,13H,11-12H2,1H3,(H,20,23)(H,22,24). The number of ether oxygens (including phenoxy) is 1. The van der Waals surface area contributed by atoms with Crippen molar-refractivity contribution in [3.8, 4) is 0 Å². The van der Waals surface area contributed by atoms with Crippen LogP contribution in [-0.2, 0) is 20.9 Å². The maximum absolute atomic E-state index is 11.7. The molecular weight excluding hydrogens is 334 g/mol. The molecule has 0 saturated carbocycles. The Morgan fingerprint density at radius 1 is 1.00 bits per heavy atom. The third kappa shape index (κ3) is 6.20. The molecule has 0 unspecified atom stereocenters. The molecule has 0 saturated heterocycles. The number of hydrazone groups is 1. The maximum Gasteiger partial charge on any atom is 0.337 e. The second-order valence-electron chi connectivity index (χ2n) is 5.35. The van der Waals surface area contributed by atoms with Crippen molar-refractivity contribution in [1.29, 1.82) is 0 Å². The van der Waals surface area contributed by atoms with Crippen LogP contribution in [0.1, 0.15) is 27.9 Å². The van der Waals surface area contributed by atoms with Crippen LogP contribution >= 0.6 is 0 Å². The van der Waals surface area contributed by atoms with E-state index in [0.29, 0.717) is 17.7 Å². The van der Waals surface area contributed by atoms with Gasteiger partial charge >= 0.3 is 5.97 Å². The number of carbonyl (C=O) groups is 3. The smallest absolute Gasteiger partial charge is 0.337 e. The lowest BCUT2D eigenvalue weighted by molar-refractivity contribution is -0.129. The van der Waals surface area contributed by atoms with Gasteiger partial charge in [-0.15, -0.1) is 0 Å². The van der Waals surface area contributed by atoms with Gasteiger partial charge in [-0.05, 0) is 23.3 Å². The number of benzene rings is 2. The molecule has 0 aliphatic carbocycles. The quantitative estimate of drug-likeness (QED) is 0.342. The average molecular weight is 353 g/mol. The van der Waals surface area contributed by atoms with Crippen LogP contribution in [0.3, 0.4) is 0 Å². The highest BCUT2D eigenvalue weighted by molar-refractivity contribution is 5.97. The number of hydrogen-bond donors (Lipinski definition) is 2. The minimum absolute atomic E-state index is 0.314. The Morgan fingerprint density at radius 2 is 1.69 bits per heavy atom. The molecule has 0 radical (unpaired) electrons. The van der Waals surface area contributed by atoms with Crippen LogP contribution in [0.2, 0.25) is 0 Å². The normalized spacial score (nSPS) is 10.3. The second-order valence-corrected chi connectivity index (χ2v) is 5.35. The summed E-state index contributed by atoms with van der Waals surface area (Å²) < 4.78 is 4.61. The minimum atomic E-state index is -0.516. The summed E-state index contributed by atoms with van der Waals surface area (Å²) in [5, 5.41) is 6.45. The largest absolute Gasteiger partial charge is 0.465 e. The monoisotopic (exact) mass is 353 g/mol. The lowest BCUT2D eigenvalue weighted by Crippen LogP contribution is -2.29. The highest BCUT2D eigenvalue weighted by atomic mass is 16.5. The van der Waals surface area contributed by atoms with Gasteiger partial charge in [0.1, 0.15) is 6.42 Å². The molecule has 26 heavy (non-hydrogen) atoms. The molecule has 0 atom stereocenters. The summed E-state index contributed by atoms with van der Waals surface area (Å²) in [5.74, 6) is -1.33. The lowest BCUT2D eigenvalue weighted by Gasteiger charge is -2.04. The van der Waals surface area contributed by atoms with E-state index in [0.717, 1.165) is 5.56 Å². The molecule has 2 amide bonds. The zero-order chi connectivity index (χ0) is 18.8. The lowest BCUT2D eigenvalue weighted by atomic mass is 10.1. The number of nitrogens with one attached hydrogen (secondary N) is 2. The Bertz CT molecular complexity index is 786. The minimum Gasteiger partial charge on any atom is -0.465 e. The second kappa shape index (κ2) is 9.73. The Kier molecular flexibility index (Phi) is 7.05. The summed E-state index contributed by atoms with van der Waals surface area (Å²) in [4.78, 5) is 34.7. The van der Waals surface area contributed by atoms with E-state index in [1.165, 1.54) is 13.3 Å². The zero-order valence-electron chi connectivity index (χ0n) is 14.3. The number of carbonyl (C=O) groups excluding carboxylic acids is 3. The van der Waals surface area contributed by atoms with Crippen molar-refractivity contribution in [2.45, 2.75) is 13.0 Å². The van der Waals surface area contributed by atoms with E-state index < -0.39 is 11.9 Å². The molecule has 0 heterocycles. The molecule has 134 valence electrons. The third-order valence-corrected chi connectivity index (χ3v) is 3.39. The van der Waals surface area contributed by atoms with Gasteiger partial charge in [0, 0.05) is 6.54 Å². The number of rotatable bonds is 7. The van der Waals surface area contributed by atoms with E-state index >= 15 is 0 Å². The average Bonchev–Trinajstić information content (AvgIpc) is 2.67. The van der Waals surface area contributed by atoms with Crippen molar-refractivity contribution in [2.75, 3.05) is 7.11 Å². The van der Waals surface area contributed by atoms with Crippen LogP contribution in [0.4, 0.5) is 0 Å². The summed E-state index contributed by atoms with van der Waals surface area (Å²) in [7, 11) is 1.31. The van der Waals surface area contributed by atoms with Gasteiger partial charge in [-0.1, -0.05) is 42.5 Å². The molecule has 7 heteroatoms. The van der Waals surface area contributed by atoms with E-state index in [4.69, 9.17) is 0 Å². The molecule has 2 rings (SSSR count). The fraction of sp³-hybridized carbons (Fsp3) is 0.158. The molecule has 0 bridgehead atoms. The van der Waals surface area contributed by atoms with Gasteiger partial charge in [0.2, 0.25) is 11.8 Å². The SMILES string of the molecule is COC(=O)c1ccc(C=NNC(=O)CC(=O)NCc2ccccc2)cc1. The molecule has 0 aromatic heterocycles. The van der Waals surface area contributed by atoms with Gasteiger partial charge in [-0.2, -0.15) is 5.10 Å². The predicted octanol–water partition coefficient (Wildman–Crippen LogP) is 1.63. The van der Waals surface area contributed by atoms with Crippen molar-refractivity contribution < 1.29 is 19.1 Å². The first-order valence-electron chi connectivity index (χ1n) is 7.89. The van der Waals surface area contributed by atoms with Crippen molar-refractivity contribution in [3.63, 3.8) is 0 Å². The number of methoxy groups -OCH3 is 1. The first-order valence-corrected chi connectivity index (χ1v) is 7.89. The molecule has 0 aliphatic rings. The van der Waals surface area contributed by atoms with Crippen LogP contribution in [0, 0.1) is 0 Å². The van der Waals surface area contributed by atoms with Crippen molar-refractivity contribution in [2.24, 2.45) is 5.10 Å². The summed E-state index contributed by atoms with van der Waals surface area (Å²) in [6.07, 6.45) is 1.10. The van der Waals surface area contributed by atoms with Crippen LogP contribution in [0.25, 0.3) is 0 Å². The maximum atomic E-state index is 11.7. The highest BCUT2D eigenvalue weighted by Gasteiger charge is 2.08. The Morgan fingerprint density at radius 3 is 2.35 bits per heavy atom. The van der Waals surface area contributed by atoms with Crippen LogP contribution < -0.4 is 10.7 Å². The highest BCUT2D eigenvalue weighted by Crippen LogP contribution is 2.03. The summed E-state index contributed by atoms with van der Waals surface area (Å²) in [6.45, 7) is 0.364. The van der Waals surface area contributed by atoms with E-state index in [-0.39, 0.29) is 12.3 Å². The molecule has 0 aliphatic heterocycles. The fourth-order valence-corrected chi connectivity index (χ4v) is 2.05. The Hall–Kier alpha value is -3.48. The van der Waals surface area contributed by atoms with Crippen LogP contribution in [0.15, 0.2) is 59.7 Å². The number of amides is 2. The summed E-state index contributed by atoms with van der Waals surface area (Å²) >= 11 is 0. The third-order valence-electron chi connectivity index (χ3n) is 3.39. The fourth-order valence-electron chi connectivity index (χ4n) is 2.05. The molecule has 2 N–H and O–H groups in total. The van der Waals surface area contributed by atoms with Gasteiger partial charge < -0.3 is 10.1 Å². The molecule has 0 fully saturated rings. The van der Waals surface area contributed by atoms with E-state index in [1.54, 1.807) is 24.3 Å². The first kappa shape index (κ1) is 18.9. The van der Waals surface area contributed by atoms with E-state index in [2.05, 4.69) is 20.6 Å². The molecule has 2 aromatic rings.